The van der Waals surface area contributed by atoms with Gasteiger partial charge in [-0.15, -0.1) is 0 Å². The van der Waals surface area contributed by atoms with E-state index in [9.17, 15) is 14.7 Å². The number of aliphatic hydroxyl groups is 1. The maximum atomic E-state index is 12.2. The minimum absolute atomic E-state index is 0.00193. The summed E-state index contributed by atoms with van der Waals surface area (Å²) in [6.07, 6.45) is 1.89. The van der Waals surface area contributed by atoms with Gasteiger partial charge in [0.05, 0.1) is 12.3 Å². The van der Waals surface area contributed by atoms with E-state index >= 15 is 0 Å². The highest BCUT2D eigenvalue weighted by atomic mass is 32.2. The quantitative estimate of drug-likeness (QED) is 0.751. The van der Waals surface area contributed by atoms with Gasteiger partial charge in [-0.2, -0.15) is 11.8 Å². The second-order valence-corrected chi connectivity index (χ2v) is 5.84. The van der Waals surface area contributed by atoms with Crippen LogP contribution in [-0.4, -0.2) is 47.7 Å². The zero-order valence-corrected chi connectivity index (χ0v) is 12.7. The Morgan fingerprint density at radius 2 is 2.33 bits per heavy atom. The lowest BCUT2D eigenvalue weighted by Gasteiger charge is -2.22. The van der Waals surface area contributed by atoms with Crippen molar-refractivity contribution in [3.8, 4) is 5.75 Å². The predicted molar refractivity (Wildman–Crippen MR) is 81.9 cm³/mol. The normalized spacial score (nSPS) is 16.2. The van der Waals surface area contributed by atoms with Gasteiger partial charge in [0.2, 0.25) is 0 Å². The summed E-state index contributed by atoms with van der Waals surface area (Å²) in [4.78, 5) is 23.4. The summed E-state index contributed by atoms with van der Waals surface area (Å²) in [6, 6.07) is 4.71. The van der Waals surface area contributed by atoms with E-state index in [1.807, 2.05) is 13.2 Å². The standard InChI is InChI=1S/C14H18N2O4S/c1-8(12(6-17)21-2)15-14(19)9-3-4-10-11(5-9)20-7-13(18)16-10/h3-5,8,12,17H,6-7H2,1-2H3,(H,15,19)(H,16,18). The van der Waals surface area contributed by atoms with E-state index in [0.29, 0.717) is 17.0 Å². The molecule has 2 amide bonds. The average molecular weight is 310 g/mol. The summed E-state index contributed by atoms with van der Waals surface area (Å²) in [5, 5.41) is 14.7. The highest BCUT2D eigenvalue weighted by molar-refractivity contribution is 7.99. The van der Waals surface area contributed by atoms with Gasteiger partial charge in [0.1, 0.15) is 5.75 Å². The van der Waals surface area contributed by atoms with Gasteiger partial charge in [-0.25, -0.2) is 0 Å². The van der Waals surface area contributed by atoms with Crippen LogP contribution in [0.2, 0.25) is 0 Å². The summed E-state index contributed by atoms with van der Waals surface area (Å²) in [7, 11) is 0. The minimum Gasteiger partial charge on any atom is -0.482 e. The van der Waals surface area contributed by atoms with Crippen LogP contribution in [0, 0.1) is 0 Å². The molecule has 2 atom stereocenters. The maximum absolute atomic E-state index is 12.2. The van der Waals surface area contributed by atoms with Crippen LogP contribution in [-0.2, 0) is 4.79 Å². The molecule has 3 N–H and O–H groups in total. The highest BCUT2D eigenvalue weighted by Crippen LogP contribution is 2.28. The molecule has 0 aliphatic carbocycles. The topological polar surface area (TPSA) is 87.7 Å². The largest absolute Gasteiger partial charge is 0.482 e. The molecule has 1 heterocycles. The number of ether oxygens (including phenoxy) is 1. The molecule has 0 fully saturated rings. The van der Waals surface area contributed by atoms with Crippen molar-refractivity contribution in [2.24, 2.45) is 0 Å². The van der Waals surface area contributed by atoms with Crippen LogP contribution < -0.4 is 15.4 Å². The van der Waals surface area contributed by atoms with E-state index in [1.165, 1.54) is 11.8 Å². The first-order valence-electron chi connectivity index (χ1n) is 6.56. The molecule has 0 spiro atoms. The molecular formula is C14H18N2O4S. The molecule has 0 saturated heterocycles. The Kier molecular flexibility index (Phi) is 5.08. The number of fused-ring (bicyclic) bond motifs is 1. The molecule has 1 aliphatic rings. The SMILES string of the molecule is CSC(CO)C(C)NC(=O)c1ccc2c(c1)OCC(=O)N2. The molecule has 21 heavy (non-hydrogen) atoms. The maximum Gasteiger partial charge on any atom is 0.262 e. The molecule has 0 bridgehead atoms. The third-order valence-electron chi connectivity index (χ3n) is 3.28. The summed E-state index contributed by atoms with van der Waals surface area (Å²) in [6.45, 7) is 1.81. The van der Waals surface area contributed by atoms with Crippen molar-refractivity contribution in [3.63, 3.8) is 0 Å². The fourth-order valence-electron chi connectivity index (χ4n) is 2.04. The Bertz CT molecular complexity index is 546. The minimum atomic E-state index is -0.238. The average Bonchev–Trinajstić information content (AvgIpc) is 2.47. The number of hydrogen-bond donors (Lipinski definition) is 3. The Hall–Kier alpha value is -1.73. The third kappa shape index (κ3) is 3.68. The lowest BCUT2D eigenvalue weighted by molar-refractivity contribution is -0.118. The van der Waals surface area contributed by atoms with E-state index in [4.69, 9.17) is 4.74 Å². The first kappa shape index (κ1) is 15.7. The molecular weight excluding hydrogens is 292 g/mol. The van der Waals surface area contributed by atoms with Gasteiger partial charge < -0.3 is 20.5 Å². The van der Waals surface area contributed by atoms with E-state index in [-0.39, 0.29) is 36.3 Å². The lowest BCUT2D eigenvalue weighted by atomic mass is 10.1. The van der Waals surface area contributed by atoms with Crippen LogP contribution in [0.1, 0.15) is 17.3 Å². The molecule has 0 aromatic heterocycles. The van der Waals surface area contributed by atoms with Gasteiger partial charge in [0.15, 0.2) is 6.61 Å². The van der Waals surface area contributed by atoms with Crippen molar-refractivity contribution >= 4 is 29.3 Å². The summed E-state index contributed by atoms with van der Waals surface area (Å²) < 4.78 is 5.29. The number of hydrogen-bond acceptors (Lipinski definition) is 5. The van der Waals surface area contributed by atoms with E-state index in [1.54, 1.807) is 18.2 Å². The molecule has 1 aliphatic heterocycles. The van der Waals surface area contributed by atoms with Gasteiger partial charge in [0.25, 0.3) is 11.8 Å². The number of nitrogens with one attached hydrogen (secondary N) is 2. The van der Waals surface area contributed by atoms with Gasteiger partial charge in [-0.05, 0) is 31.4 Å². The first-order valence-corrected chi connectivity index (χ1v) is 7.85. The van der Waals surface area contributed by atoms with Crippen molar-refractivity contribution in [1.29, 1.82) is 0 Å². The van der Waals surface area contributed by atoms with Gasteiger partial charge in [-0.1, -0.05) is 0 Å². The molecule has 1 aromatic carbocycles. The number of thioether (sulfide) groups is 1. The highest BCUT2D eigenvalue weighted by Gasteiger charge is 2.21. The van der Waals surface area contributed by atoms with Crippen LogP contribution in [0.5, 0.6) is 5.75 Å². The number of carbonyl (C=O) groups is 2. The number of carbonyl (C=O) groups excluding carboxylic acids is 2. The molecule has 114 valence electrons. The second kappa shape index (κ2) is 6.82. The Labute approximate surface area is 127 Å². The Morgan fingerprint density at radius 3 is 3.00 bits per heavy atom. The van der Waals surface area contributed by atoms with Crippen LogP contribution in [0.3, 0.4) is 0 Å². The van der Waals surface area contributed by atoms with Crippen molar-refractivity contribution in [2.75, 3.05) is 24.8 Å². The van der Waals surface area contributed by atoms with Gasteiger partial charge >= 0.3 is 0 Å². The fourth-order valence-corrected chi connectivity index (χ4v) is 2.66. The predicted octanol–water partition coefficient (Wildman–Crippen LogP) is 0.860. The van der Waals surface area contributed by atoms with E-state index < -0.39 is 0 Å². The Balaban J connectivity index is 2.08. The molecule has 2 rings (SSSR count). The first-order chi connectivity index (χ1) is 10.0. The van der Waals surface area contributed by atoms with Gasteiger partial charge in [0, 0.05) is 16.9 Å². The summed E-state index contributed by atoms with van der Waals surface area (Å²) >= 11 is 1.50. The zero-order valence-electron chi connectivity index (χ0n) is 11.9. The lowest BCUT2D eigenvalue weighted by Crippen LogP contribution is -2.41. The zero-order chi connectivity index (χ0) is 15.4. The molecule has 0 radical (unpaired) electrons. The summed E-state index contributed by atoms with van der Waals surface area (Å²) in [5.74, 6) is 0.0378. The van der Waals surface area contributed by atoms with Crippen molar-refractivity contribution in [2.45, 2.75) is 18.2 Å². The van der Waals surface area contributed by atoms with Crippen LogP contribution >= 0.6 is 11.8 Å². The molecule has 2 unspecified atom stereocenters. The molecule has 6 nitrogen and oxygen atoms in total. The number of anilines is 1. The fraction of sp³-hybridized carbons (Fsp3) is 0.429. The van der Waals surface area contributed by atoms with E-state index in [2.05, 4.69) is 10.6 Å². The number of aliphatic hydroxyl groups excluding tert-OH is 1. The summed E-state index contributed by atoms with van der Waals surface area (Å²) in [5.41, 5.74) is 1.02. The third-order valence-corrected chi connectivity index (χ3v) is 4.44. The van der Waals surface area contributed by atoms with Crippen molar-refractivity contribution < 1.29 is 19.4 Å². The van der Waals surface area contributed by atoms with Gasteiger partial charge in [-0.3, -0.25) is 9.59 Å². The van der Waals surface area contributed by atoms with Crippen molar-refractivity contribution in [3.05, 3.63) is 23.8 Å². The number of amides is 2. The smallest absolute Gasteiger partial charge is 0.262 e. The molecule has 1 aromatic rings. The number of benzene rings is 1. The monoisotopic (exact) mass is 310 g/mol. The van der Waals surface area contributed by atoms with Crippen molar-refractivity contribution in [1.82, 2.24) is 5.32 Å². The number of rotatable bonds is 5. The molecule has 0 saturated carbocycles. The van der Waals surface area contributed by atoms with E-state index in [0.717, 1.165) is 0 Å². The van der Waals surface area contributed by atoms with Crippen LogP contribution in [0.4, 0.5) is 5.69 Å². The Morgan fingerprint density at radius 1 is 1.57 bits per heavy atom. The van der Waals surface area contributed by atoms with Crippen LogP contribution in [0.25, 0.3) is 0 Å². The van der Waals surface area contributed by atoms with Crippen LogP contribution in [0.15, 0.2) is 18.2 Å². The second-order valence-electron chi connectivity index (χ2n) is 4.77. The molecule has 7 heteroatoms.